The van der Waals surface area contributed by atoms with E-state index in [2.05, 4.69) is 15.6 Å². The van der Waals surface area contributed by atoms with Gasteiger partial charge in [-0.05, 0) is 35.7 Å². The molecule has 0 radical (unpaired) electrons. The van der Waals surface area contributed by atoms with E-state index in [9.17, 15) is 9.59 Å². The van der Waals surface area contributed by atoms with E-state index >= 15 is 0 Å². The highest BCUT2D eigenvalue weighted by Crippen LogP contribution is 2.24. The number of anilines is 2. The molecule has 31 heavy (non-hydrogen) atoms. The van der Waals surface area contributed by atoms with E-state index in [1.54, 1.807) is 41.7 Å². The van der Waals surface area contributed by atoms with Crippen molar-refractivity contribution in [1.29, 1.82) is 0 Å². The zero-order valence-corrected chi connectivity index (χ0v) is 17.7. The summed E-state index contributed by atoms with van der Waals surface area (Å²) in [5.74, 6) is -0.531. The van der Waals surface area contributed by atoms with Crippen LogP contribution in [0.1, 0.15) is 20.0 Å². The van der Waals surface area contributed by atoms with Gasteiger partial charge in [0, 0.05) is 29.0 Å². The average molecular weight is 445 g/mol. The number of nitrogens with zero attached hydrogens (tertiary/aromatic N) is 2. The van der Waals surface area contributed by atoms with Crippen molar-refractivity contribution in [2.24, 2.45) is 0 Å². The minimum absolute atomic E-state index is 0.237. The molecular formula is C23H16N4O2S2. The zero-order valence-electron chi connectivity index (χ0n) is 16.1. The summed E-state index contributed by atoms with van der Waals surface area (Å²) in [6.07, 6.45) is 3.95. The van der Waals surface area contributed by atoms with Crippen molar-refractivity contribution < 1.29 is 9.59 Å². The predicted octanol–water partition coefficient (Wildman–Crippen LogP) is 5.63. The SMILES string of the molecule is O=C(Nc1ccccc1C(=O)Nc1ccc(-c2cn3ccsc3n2)cc1)c1cccs1. The van der Waals surface area contributed by atoms with Crippen LogP contribution in [0.15, 0.2) is 83.8 Å². The maximum atomic E-state index is 12.9. The summed E-state index contributed by atoms with van der Waals surface area (Å²) in [4.78, 5) is 31.4. The van der Waals surface area contributed by atoms with Crippen LogP contribution in [0.4, 0.5) is 11.4 Å². The van der Waals surface area contributed by atoms with Crippen LogP contribution >= 0.6 is 22.7 Å². The Bertz CT molecular complexity index is 1340. The number of carbonyl (C=O) groups is 2. The lowest BCUT2D eigenvalue weighted by Crippen LogP contribution is -2.17. The second-order valence-electron chi connectivity index (χ2n) is 6.73. The summed E-state index contributed by atoms with van der Waals surface area (Å²) in [6.45, 7) is 0. The van der Waals surface area contributed by atoms with Gasteiger partial charge in [-0.25, -0.2) is 4.98 Å². The standard InChI is InChI=1S/C23H16N4O2S2/c28-21(17-4-1-2-5-18(17)25-22(29)20-6-3-12-30-20)24-16-9-7-15(8-10-16)19-14-27-11-13-31-23(27)26-19/h1-14H,(H,24,28)(H,25,29). The van der Waals surface area contributed by atoms with Gasteiger partial charge in [0.25, 0.3) is 11.8 Å². The van der Waals surface area contributed by atoms with Crippen LogP contribution in [0.2, 0.25) is 0 Å². The van der Waals surface area contributed by atoms with Crippen LogP contribution in [0.5, 0.6) is 0 Å². The number of rotatable bonds is 5. The molecule has 152 valence electrons. The number of carbonyl (C=O) groups excluding carboxylic acids is 2. The molecule has 5 rings (SSSR count). The third-order valence-corrected chi connectivity index (χ3v) is 6.34. The lowest BCUT2D eigenvalue weighted by Gasteiger charge is -2.11. The van der Waals surface area contributed by atoms with Gasteiger partial charge in [-0.2, -0.15) is 0 Å². The minimum Gasteiger partial charge on any atom is -0.322 e. The number of benzene rings is 2. The first kappa shape index (κ1) is 19.2. The Kier molecular flexibility index (Phi) is 5.07. The molecule has 2 aromatic carbocycles. The van der Waals surface area contributed by atoms with Crippen molar-refractivity contribution in [2.75, 3.05) is 10.6 Å². The Labute approximate surface area is 185 Å². The lowest BCUT2D eigenvalue weighted by molar-refractivity contribution is 0.102. The van der Waals surface area contributed by atoms with Crippen LogP contribution in [0, 0.1) is 0 Å². The molecule has 8 heteroatoms. The van der Waals surface area contributed by atoms with Gasteiger partial charge in [-0.3, -0.25) is 14.0 Å². The van der Waals surface area contributed by atoms with Gasteiger partial charge >= 0.3 is 0 Å². The van der Waals surface area contributed by atoms with Crippen molar-refractivity contribution >= 4 is 50.8 Å². The van der Waals surface area contributed by atoms with Crippen molar-refractivity contribution in [3.8, 4) is 11.3 Å². The number of aromatic nitrogens is 2. The average Bonchev–Trinajstić information content (AvgIpc) is 3.52. The van der Waals surface area contributed by atoms with Gasteiger partial charge in [0.2, 0.25) is 0 Å². The second-order valence-corrected chi connectivity index (χ2v) is 8.55. The highest BCUT2D eigenvalue weighted by molar-refractivity contribution is 7.15. The van der Waals surface area contributed by atoms with Gasteiger partial charge in [0.15, 0.2) is 4.96 Å². The van der Waals surface area contributed by atoms with Crippen LogP contribution < -0.4 is 10.6 Å². The van der Waals surface area contributed by atoms with Crippen molar-refractivity contribution in [3.05, 3.63) is 94.3 Å². The minimum atomic E-state index is -0.294. The molecule has 3 aromatic heterocycles. The Morgan fingerprint density at radius 3 is 2.45 bits per heavy atom. The number of hydrogen-bond acceptors (Lipinski definition) is 5. The second kappa shape index (κ2) is 8.17. The maximum absolute atomic E-state index is 12.9. The van der Waals surface area contributed by atoms with E-state index in [1.807, 2.05) is 57.9 Å². The molecule has 3 heterocycles. The van der Waals surface area contributed by atoms with E-state index in [0.717, 1.165) is 16.2 Å². The molecule has 0 atom stereocenters. The van der Waals surface area contributed by atoms with Crippen molar-refractivity contribution in [1.82, 2.24) is 9.38 Å². The molecule has 0 unspecified atom stereocenters. The Hall–Kier alpha value is -3.75. The van der Waals surface area contributed by atoms with Gasteiger partial charge < -0.3 is 10.6 Å². The summed E-state index contributed by atoms with van der Waals surface area (Å²) in [6, 6.07) is 18.0. The Balaban J connectivity index is 1.32. The van der Waals surface area contributed by atoms with Gasteiger partial charge in [0.1, 0.15) is 0 Å². The van der Waals surface area contributed by atoms with Crippen molar-refractivity contribution in [2.45, 2.75) is 0 Å². The highest BCUT2D eigenvalue weighted by Gasteiger charge is 2.15. The fourth-order valence-corrected chi connectivity index (χ4v) is 4.49. The maximum Gasteiger partial charge on any atom is 0.265 e. The topological polar surface area (TPSA) is 75.5 Å². The van der Waals surface area contributed by atoms with E-state index in [-0.39, 0.29) is 11.8 Å². The summed E-state index contributed by atoms with van der Waals surface area (Å²) in [5, 5.41) is 9.55. The zero-order chi connectivity index (χ0) is 21.2. The molecule has 0 aliphatic heterocycles. The normalized spacial score (nSPS) is 10.8. The number of thiophene rings is 1. The lowest BCUT2D eigenvalue weighted by atomic mass is 10.1. The number of thiazole rings is 1. The molecular weight excluding hydrogens is 428 g/mol. The summed E-state index contributed by atoms with van der Waals surface area (Å²) < 4.78 is 1.98. The number of amides is 2. The number of fused-ring (bicyclic) bond motifs is 1. The van der Waals surface area contributed by atoms with Gasteiger partial charge in [-0.15, -0.1) is 22.7 Å². The smallest absolute Gasteiger partial charge is 0.265 e. The van der Waals surface area contributed by atoms with Crippen LogP contribution in [-0.4, -0.2) is 21.2 Å². The summed E-state index contributed by atoms with van der Waals surface area (Å²) in [7, 11) is 0. The molecule has 0 saturated carbocycles. The first-order valence-corrected chi connectivity index (χ1v) is 11.2. The van der Waals surface area contributed by atoms with Crippen molar-refractivity contribution in [3.63, 3.8) is 0 Å². The predicted molar refractivity (Wildman–Crippen MR) is 125 cm³/mol. The molecule has 5 aromatic rings. The Morgan fingerprint density at radius 1 is 0.839 bits per heavy atom. The van der Waals surface area contributed by atoms with E-state index in [1.165, 1.54) is 11.3 Å². The monoisotopic (exact) mass is 444 g/mol. The molecule has 0 saturated heterocycles. The number of imidazole rings is 1. The molecule has 0 spiro atoms. The molecule has 0 fully saturated rings. The highest BCUT2D eigenvalue weighted by atomic mass is 32.1. The number of para-hydroxylation sites is 1. The third-order valence-electron chi connectivity index (χ3n) is 4.70. The fourth-order valence-electron chi connectivity index (χ4n) is 3.17. The van der Waals surface area contributed by atoms with Gasteiger partial charge in [0.05, 0.1) is 21.8 Å². The number of nitrogens with one attached hydrogen (secondary N) is 2. The first-order chi connectivity index (χ1) is 15.2. The van der Waals surface area contributed by atoms with E-state index < -0.39 is 0 Å². The molecule has 0 aliphatic rings. The van der Waals surface area contributed by atoms with Crippen LogP contribution in [0.25, 0.3) is 16.2 Å². The van der Waals surface area contributed by atoms with Gasteiger partial charge in [-0.1, -0.05) is 30.3 Å². The molecule has 2 amide bonds. The molecule has 0 aliphatic carbocycles. The quantitative estimate of drug-likeness (QED) is 0.369. The first-order valence-electron chi connectivity index (χ1n) is 9.45. The Morgan fingerprint density at radius 2 is 1.68 bits per heavy atom. The van der Waals surface area contributed by atoms with E-state index in [4.69, 9.17) is 0 Å². The fraction of sp³-hybridized carbons (Fsp3) is 0. The molecule has 2 N–H and O–H groups in total. The van der Waals surface area contributed by atoms with Crippen LogP contribution in [0.3, 0.4) is 0 Å². The summed E-state index contributed by atoms with van der Waals surface area (Å²) >= 11 is 2.93. The molecule has 0 bridgehead atoms. The van der Waals surface area contributed by atoms with Crippen LogP contribution in [-0.2, 0) is 0 Å². The molecule has 6 nitrogen and oxygen atoms in total. The number of hydrogen-bond donors (Lipinski definition) is 2. The largest absolute Gasteiger partial charge is 0.322 e. The third kappa shape index (κ3) is 3.98. The summed E-state index contributed by atoms with van der Waals surface area (Å²) in [5.41, 5.74) is 3.37. The van der Waals surface area contributed by atoms with E-state index in [0.29, 0.717) is 21.8 Å².